The zero-order valence-electron chi connectivity index (χ0n) is 28.7. The van der Waals surface area contributed by atoms with Crippen molar-refractivity contribution in [2.24, 2.45) is 0 Å². The van der Waals surface area contributed by atoms with E-state index in [2.05, 4.69) is 105 Å². The van der Waals surface area contributed by atoms with Gasteiger partial charge in [-0.05, 0) is 72.8 Å². The molecule has 2 heterocycles. The molecule has 0 saturated carbocycles. The smallest absolute Gasteiger partial charge is 0.164 e. The van der Waals surface area contributed by atoms with Crippen molar-refractivity contribution in [2.75, 3.05) is 0 Å². The average molecular weight is 666 g/mol. The Kier molecular flexibility index (Phi) is 5.98. The predicted octanol–water partition coefficient (Wildman–Crippen LogP) is 12.5. The minimum Gasteiger partial charge on any atom is -0.456 e. The highest BCUT2D eigenvalue weighted by molar-refractivity contribution is 6.26. The van der Waals surface area contributed by atoms with Crippen LogP contribution in [0.25, 0.3) is 99.5 Å². The van der Waals surface area contributed by atoms with E-state index in [0.29, 0.717) is 17.5 Å². The summed E-state index contributed by atoms with van der Waals surface area (Å²) < 4.78 is 6.25. The second-order valence-electron chi connectivity index (χ2n) is 14.3. The van der Waals surface area contributed by atoms with Crippen molar-refractivity contribution in [1.82, 2.24) is 15.0 Å². The molecule has 0 fully saturated rings. The molecule has 244 valence electrons. The molecule has 1 aliphatic rings. The number of hydrogen-bond donors (Lipinski definition) is 0. The lowest BCUT2D eigenvalue weighted by molar-refractivity contribution is 0.666. The predicted molar refractivity (Wildman–Crippen MR) is 213 cm³/mol. The SMILES string of the molecule is CC1(C)c2ccccc2-c2c1c1ccccc1c1c2ccc2cc(-c3nc(-c4ccccc4)nc(-c4cccc5oc6ccccc6c45)n3)ccc21. The fourth-order valence-electron chi connectivity index (χ4n) is 8.77. The molecule has 2 aromatic heterocycles. The van der Waals surface area contributed by atoms with Crippen molar-refractivity contribution in [3.63, 3.8) is 0 Å². The summed E-state index contributed by atoms with van der Waals surface area (Å²) >= 11 is 0. The molecule has 11 rings (SSSR count). The van der Waals surface area contributed by atoms with Crippen molar-refractivity contribution < 1.29 is 4.42 Å². The molecule has 0 saturated heterocycles. The Labute approximate surface area is 300 Å². The summed E-state index contributed by atoms with van der Waals surface area (Å²) in [4.78, 5) is 15.3. The third-order valence-corrected chi connectivity index (χ3v) is 11.1. The zero-order chi connectivity index (χ0) is 34.6. The van der Waals surface area contributed by atoms with Crippen LogP contribution in [0.4, 0.5) is 0 Å². The molecule has 52 heavy (non-hydrogen) atoms. The third kappa shape index (κ3) is 4.06. The normalized spacial score (nSPS) is 13.3. The highest BCUT2D eigenvalue weighted by Gasteiger charge is 2.38. The van der Waals surface area contributed by atoms with Crippen LogP contribution in [0.2, 0.25) is 0 Å². The van der Waals surface area contributed by atoms with Gasteiger partial charge in [-0.3, -0.25) is 0 Å². The summed E-state index contributed by atoms with van der Waals surface area (Å²) in [6, 6.07) is 53.5. The number of nitrogens with zero attached hydrogens (tertiary/aromatic N) is 3. The van der Waals surface area contributed by atoms with Crippen LogP contribution in [0, 0.1) is 0 Å². The average Bonchev–Trinajstić information content (AvgIpc) is 3.70. The quantitative estimate of drug-likeness (QED) is 0.176. The van der Waals surface area contributed by atoms with Gasteiger partial charge in [-0.25, -0.2) is 15.0 Å². The molecule has 10 aromatic rings. The lowest BCUT2D eigenvalue weighted by Gasteiger charge is -2.24. The zero-order valence-corrected chi connectivity index (χ0v) is 28.7. The van der Waals surface area contributed by atoms with Crippen LogP contribution in [-0.4, -0.2) is 15.0 Å². The number of aromatic nitrogens is 3. The Morgan fingerprint density at radius 2 is 1.10 bits per heavy atom. The molecule has 4 nitrogen and oxygen atoms in total. The first kappa shape index (κ1) is 29.1. The standard InChI is InChI=1S/C48H31N3O/c1-48(2)38-20-10-8-17-34(38)43-36-26-23-29-27-30(24-25-31(29)41(36)32-15-6-7-16-33(32)44(43)48)46-49-45(28-13-4-3-5-14-28)50-47(51-46)37-19-12-22-40-42(37)35-18-9-11-21-39(35)52-40/h3-27H,1-2H3. The van der Waals surface area contributed by atoms with Gasteiger partial charge in [0.2, 0.25) is 0 Å². The molecule has 1 aliphatic carbocycles. The molecular weight excluding hydrogens is 635 g/mol. The second kappa shape index (κ2) is 10.7. The molecule has 8 aromatic carbocycles. The molecule has 0 N–H and O–H groups in total. The van der Waals surface area contributed by atoms with E-state index in [1.165, 1.54) is 49.2 Å². The van der Waals surface area contributed by atoms with Gasteiger partial charge in [0, 0.05) is 32.9 Å². The van der Waals surface area contributed by atoms with E-state index < -0.39 is 0 Å². The third-order valence-electron chi connectivity index (χ3n) is 11.1. The number of furan rings is 1. The molecule has 0 bridgehead atoms. The van der Waals surface area contributed by atoms with Crippen molar-refractivity contribution in [3.05, 3.63) is 163 Å². The summed E-state index contributed by atoms with van der Waals surface area (Å²) in [6.45, 7) is 4.73. The highest BCUT2D eigenvalue weighted by atomic mass is 16.3. The van der Waals surface area contributed by atoms with Gasteiger partial charge in [0.15, 0.2) is 17.5 Å². The first-order valence-corrected chi connectivity index (χ1v) is 17.8. The van der Waals surface area contributed by atoms with Crippen LogP contribution in [0.5, 0.6) is 0 Å². The van der Waals surface area contributed by atoms with E-state index in [4.69, 9.17) is 19.4 Å². The second-order valence-corrected chi connectivity index (χ2v) is 14.3. The molecule has 0 unspecified atom stereocenters. The molecule has 0 spiro atoms. The fourth-order valence-corrected chi connectivity index (χ4v) is 8.77. The van der Waals surface area contributed by atoms with Crippen LogP contribution >= 0.6 is 0 Å². The molecule has 0 atom stereocenters. The maximum atomic E-state index is 6.25. The van der Waals surface area contributed by atoms with Crippen molar-refractivity contribution in [2.45, 2.75) is 19.3 Å². The Hall–Kier alpha value is -6.65. The van der Waals surface area contributed by atoms with Gasteiger partial charge in [0.1, 0.15) is 11.2 Å². The minimum atomic E-state index is -0.0987. The first-order chi connectivity index (χ1) is 25.5. The van der Waals surface area contributed by atoms with Crippen molar-refractivity contribution in [1.29, 1.82) is 0 Å². The van der Waals surface area contributed by atoms with E-state index in [1.807, 2.05) is 60.7 Å². The molecule has 0 amide bonds. The Balaban J connectivity index is 1.16. The van der Waals surface area contributed by atoms with Gasteiger partial charge in [-0.2, -0.15) is 0 Å². The van der Waals surface area contributed by atoms with Crippen molar-refractivity contribution >= 4 is 54.3 Å². The summed E-state index contributed by atoms with van der Waals surface area (Å²) in [7, 11) is 0. The first-order valence-electron chi connectivity index (χ1n) is 17.8. The van der Waals surface area contributed by atoms with Crippen LogP contribution in [0.3, 0.4) is 0 Å². The summed E-state index contributed by atoms with van der Waals surface area (Å²) in [5, 5.41) is 9.58. The molecule has 4 heteroatoms. The van der Waals surface area contributed by atoms with Gasteiger partial charge in [0.25, 0.3) is 0 Å². The minimum absolute atomic E-state index is 0.0987. The van der Waals surface area contributed by atoms with Crippen LogP contribution in [0.15, 0.2) is 156 Å². The van der Waals surface area contributed by atoms with Crippen LogP contribution < -0.4 is 0 Å². The Morgan fingerprint density at radius 3 is 1.96 bits per heavy atom. The van der Waals surface area contributed by atoms with E-state index >= 15 is 0 Å². The summed E-state index contributed by atoms with van der Waals surface area (Å²) in [5.41, 5.74) is 9.84. The van der Waals surface area contributed by atoms with E-state index in [-0.39, 0.29) is 5.41 Å². The van der Waals surface area contributed by atoms with E-state index in [0.717, 1.165) is 44.0 Å². The Morgan fingerprint density at radius 1 is 0.442 bits per heavy atom. The van der Waals surface area contributed by atoms with Gasteiger partial charge in [0.05, 0.1) is 0 Å². The van der Waals surface area contributed by atoms with Gasteiger partial charge in [-0.1, -0.05) is 147 Å². The van der Waals surface area contributed by atoms with E-state index in [1.54, 1.807) is 0 Å². The van der Waals surface area contributed by atoms with Gasteiger partial charge < -0.3 is 4.42 Å². The van der Waals surface area contributed by atoms with Gasteiger partial charge >= 0.3 is 0 Å². The number of hydrogen-bond acceptors (Lipinski definition) is 4. The Bertz CT molecular complexity index is 3100. The largest absolute Gasteiger partial charge is 0.456 e. The number of rotatable bonds is 3. The monoisotopic (exact) mass is 665 g/mol. The summed E-state index contributed by atoms with van der Waals surface area (Å²) in [6.07, 6.45) is 0. The number of para-hydroxylation sites is 1. The van der Waals surface area contributed by atoms with Gasteiger partial charge in [-0.15, -0.1) is 0 Å². The highest BCUT2D eigenvalue weighted by Crippen LogP contribution is 2.55. The lowest BCUT2D eigenvalue weighted by Crippen LogP contribution is -2.15. The number of benzene rings is 8. The topological polar surface area (TPSA) is 51.8 Å². The fraction of sp³-hybridized carbons (Fsp3) is 0.0625. The van der Waals surface area contributed by atoms with Crippen LogP contribution in [0.1, 0.15) is 25.0 Å². The van der Waals surface area contributed by atoms with Crippen LogP contribution in [-0.2, 0) is 5.41 Å². The molecule has 0 radical (unpaired) electrons. The lowest BCUT2D eigenvalue weighted by atomic mass is 9.79. The van der Waals surface area contributed by atoms with Crippen molar-refractivity contribution in [3.8, 4) is 45.3 Å². The summed E-state index contributed by atoms with van der Waals surface area (Å²) in [5.74, 6) is 1.87. The molecule has 0 aliphatic heterocycles. The maximum absolute atomic E-state index is 6.25. The number of fused-ring (bicyclic) bond motifs is 13. The molecular formula is C48H31N3O. The maximum Gasteiger partial charge on any atom is 0.164 e. The van der Waals surface area contributed by atoms with E-state index in [9.17, 15) is 0 Å².